The predicted octanol–water partition coefficient (Wildman–Crippen LogP) is 2.80. The third-order valence-corrected chi connectivity index (χ3v) is 3.60. The Hall–Kier alpha value is -3.08. The van der Waals surface area contributed by atoms with Gasteiger partial charge in [-0.25, -0.2) is 14.8 Å². The SMILES string of the molecule is Cc1nc(-n2nnc(C(F)(F)F)n2)nc(-c2ccccc2Cl)c1C(=O)O. The van der Waals surface area contributed by atoms with E-state index in [9.17, 15) is 23.1 Å². The van der Waals surface area contributed by atoms with Gasteiger partial charge in [-0.2, -0.15) is 13.2 Å². The molecule has 0 fully saturated rings. The lowest BCUT2D eigenvalue weighted by Gasteiger charge is -2.11. The number of hydrogen-bond donors (Lipinski definition) is 1. The predicted molar refractivity (Wildman–Crippen MR) is 81.9 cm³/mol. The normalized spacial score (nSPS) is 11.6. The molecular weight excluding hydrogens is 377 g/mol. The zero-order valence-corrected chi connectivity index (χ0v) is 13.6. The van der Waals surface area contributed by atoms with Crippen molar-refractivity contribution in [2.75, 3.05) is 0 Å². The van der Waals surface area contributed by atoms with Crippen molar-refractivity contribution in [1.82, 2.24) is 30.2 Å². The van der Waals surface area contributed by atoms with Gasteiger partial charge in [0.25, 0.3) is 11.8 Å². The third-order valence-electron chi connectivity index (χ3n) is 3.27. The first-order valence-electron chi connectivity index (χ1n) is 6.93. The molecule has 2 heterocycles. The molecule has 0 aliphatic rings. The molecule has 0 atom stereocenters. The first-order chi connectivity index (χ1) is 12.2. The molecule has 0 unspecified atom stereocenters. The van der Waals surface area contributed by atoms with E-state index in [-0.39, 0.29) is 33.5 Å². The average Bonchev–Trinajstić information content (AvgIpc) is 3.04. The van der Waals surface area contributed by atoms with Gasteiger partial charge in [-0.3, -0.25) is 0 Å². The number of rotatable bonds is 3. The van der Waals surface area contributed by atoms with E-state index < -0.39 is 18.0 Å². The molecule has 0 saturated carbocycles. The van der Waals surface area contributed by atoms with Gasteiger partial charge in [0.1, 0.15) is 5.56 Å². The van der Waals surface area contributed by atoms with Gasteiger partial charge in [-0.15, -0.1) is 10.2 Å². The fraction of sp³-hybridized carbons (Fsp3) is 0.143. The number of nitrogens with zero attached hydrogens (tertiary/aromatic N) is 6. The molecule has 26 heavy (non-hydrogen) atoms. The Morgan fingerprint density at radius 1 is 1.23 bits per heavy atom. The van der Waals surface area contributed by atoms with E-state index in [1.54, 1.807) is 12.1 Å². The quantitative estimate of drug-likeness (QED) is 0.739. The summed E-state index contributed by atoms with van der Waals surface area (Å²) in [5.41, 5.74) is -0.0350. The second kappa shape index (κ2) is 6.33. The smallest absolute Gasteiger partial charge is 0.455 e. The van der Waals surface area contributed by atoms with Gasteiger partial charge < -0.3 is 5.11 Å². The van der Waals surface area contributed by atoms with E-state index in [1.807, 2.05) is 0 Å². The monoisotopic (exact) mass is 384 g/mol. The standard InChI is InChI=1S/C14H8ClF3N6O2/c1-6-9(11(25)26)10(7-4-2-3-5-8(7)15)20-13(19-6)24-22-12(21-23-24)14(16,17)18/h2-5H,1H3,(H,25,26). The van der Waals surface area contributed by atoms with Crippen molar-refractivity contribution in [3.8, 4) is 17.2 Å². The maximum absolute atomic E-state index is 12.6. The molecule has 0 amide bonds. The number of aromatic nitrogens is 6. The maximum Gasteiger partial charge on any atom is 0.455 e. The second-order valence-electron chi connectivity index (χ2n) is 5.02. The van der Waals surface area contributed by atoms with Gasteiger partial charge in [0.15, 0.2) is 0 Å². The molecule has 0 aliphatic heterocycles. The molecule has 0 saturated heterocycles. The molecule has 3 aromatic rings. The topological polar surface area (TPSA) is 107 Å². The number of halogens is 4. The largest absolute Gasteiger partial charge is 0.478 e. The highest BCUT2D eigenvalue weighted by atomic mass is 35.5. The Labute approximate surface area is 148 Å². The summed E-state index contributed by atoms with van der Waals surface area (Å²) in [5, 5.41) is 19.0. The Morgan fingerprint density at radius 3 is 2.50 bits per heavy atom. The van der Waals surface area contributed by atoms with E-state index in [0.717, 1.165) is 0 Å². The minimum atomic E-state index is -4.79. The fourth-order valence-electron chi connectivity index (χ4n) is 2.16. The summed E-state index contributed by atoms with van der Waals surface area (Å²) < 4.78 is 37.9. The Kier molecular flexibility index (Phi) is 4.32. The number of carboxylic acid groups (broad SMARTS) is 1. The molecule has 12 heteroatoms. The molecule has 0 spiro atoms. The van der Waals surface area contributed by atoms with Crippen molar-refractivity contribution in [1.29, 1.82) is 0 Å². The number of hydrogen-bond acceptors (Lipinski definition) is 6. The molecule has 3 rings (SSSR count). The van der Waals surface area contributed by atoms with Crippen LogP contribution in [0.5, 0.6) is 0 Å². The zero-order chi connectivity index (χ0) is 19.1. The molecule has 134 valence electrons. The summed E-state index contributed by atoms with van der Waals surface area (Å²) in [6, 6.07) is 6.29. The first-order valence-corrected chi connectivity index (χ1v) is 7.30. The number of aryl methyl sites for hydroxylation is 1. The number of alkyl halides is 3. The summed E-state index contributed by atoms with van der Waals surface area (Å²) >= 11 is 6.10. The summed E-state index contributed by atoms with van der Waals surface area (Å²) in [6.45, 7) is 1.37. The van der Waals surface area contributed by atoms with Crippen LogP contribution < -0.4 is 0 Å². The summed E-state index contributed by atoms with van der Waals surface area (Å²) in [6.07, 6.45) is -4.79. The number of tetrazole rings is 1. The molecule has 1 N–H and O–H groups in total. The van der Waals surface area contributed by atoms with Crippen LogP contribution in [0.3, 0.4) is 0 Å². The average molecular weight is 385 g/mol. The fourth-order valence-corrected chi connectivity index (χ4v) is 2.39. The minimum Gasteiger partial charge on any atom is -0.478 e. The molecule has 2 aromatic heterocycles. The van der Waals surface area contributed by atoms with Gasteiger partial charge in [0, 0.05) is 10.6 Å². The summed E-state index contributed by atoms with van der Waals surface area (Å²) in [4.78, 5) is 19.9. The Morgan fingerprint density at radius 2 is 1.92 bits per heavy atom. The van der Waals surface area contributed by atoms with Gasteiger partial charge in [-0.05, 0) is 18.2 Å². The number of benzene rings is 1. The Balaban J connectivity index is 2.23. The lowest BCUT2D eigenvalue weighted by molar-refractivity contribution is -0.145. The first kappa shape index (κ1) is 17.7. The molecule has 0 radical (unpaired) electrons. The highest BCUT2D eigenvalue weighted by molar-refractivity contribution is 6.33. The molecule has 8 nitrogen and oxygen atoms in total. The minimum absolute atomic E-state index is 0.00304. The number of carbonyl (C=O) groups is 1. The van der Waals surface area contributed by atoms with Crippen LogP contribution in [0.4, 0.5) is 13.2 Å². The van der Waals surface area contributed by atoms with Crippen LogP contribution in [0.1, 0.15) is 21.9 Å². The maximum atomic E-state index is 12.6. The van der Waals surface area contributed by atoms with Crippen molar-refractivity contribution < 1.29 is 23.1 Å². The van der Waals surface area contributed by atoms with Crippen LogP contribution >= 0.6 is 11.6 Å². The molecular formula is C14H8ClF3N6O2. The van der Waals surface area contributed by atoms with Crippen molar-refractivity contribution in [3.63, 3.8) is 0 Å². The lowest BCUT2D eigenvalue weighted by Crippen LogP contribution is -2.14. The third kappa shape index (κ3) is 3.20. The van der Waals surface area contributed by atoms with Crippen molar-refractivity contribution in [2.24, 2.45) is 0 Å². The molecule has 0 bridgehead atoms. The van der Waals surface area contributed by atoms with E-state index >= 15 is 0 Å². The van der Waals surface area contributed by atoms with Crippen molar-refractivity contribution >= 4 is 17.6 Å². The highest BCUT2D eigenvalue weighted by Crippen LogP contribution is 2.30. The van der Waals surface area contributed by atoms with Crippen LogP contribution in [-0.4, -0.2) is 41.3 Å². The van der Waals surface area contributed by atoms with E-state index in [1.165, 1.54) is 19.1 Å². The summed E-state index contributed by atoms with van der Waals surface area (Å²) in [7, 11) is 0. The van der Waals surface area contributed by atoms with Crippen LogP contribution in [0, 0.1) is 6.92 Å². The van der Waals surface area contributed by atoms with Crippen LogP contribution in [0.25, 0.3) is 17.2 Å². The van der Waals surface area contributed by atoms with E-state index in [4.69, 9.17) is 11.6 Å². The van der Waals surface area contributed by atoms with Gasteiger partial charge >= 0.3 is 12.1 Å². The van der Waals surface area contributed by atoms with Crippen molar-refractivity contribution in [3.05, 3.63) is 46.4 Å². The zero-order valence-electron chi connectivity index (χ0n) is 12.9. The number of carboxylic acids is 1. The number of aromatic carboxylic acids is 1. The Bertz CT molecular complexity index is 1000. The van der Waals surface area contributed by atoms with E-state index in [2.05, 4.69) is 25.4 Å². The molecule has 0 aliphatic carbocycles. The van der Waals surface area contributed by atoms with Crippen LogP contribution in [0.2, 0.25) is 5.02 Å². The molecule has 1 aromatic carbocycles. The van der Waals surface area contributed by atoms with E-state index in [0.29, 0.717) is 4.80 Å². The second-order valence-corrected chi connectivity index (χ2v) is 5.43. The van der Waals surface area contributed by atoms with Crippen LogP contribution in [0.15, 0.2) is 24.3 Å². The van der Waals surface area contributed by atoms with Gasteiger partial charge in [-0.1, -0.05) is 34.6 Å². The van der Waals surface area contributed by atoms with Crippen molar-refractivity contribution in [2.45, 2.75) is 13.1 Å². The van der Waals surface area contributed by atoms with Gasteiger partial charge in [0.05, 0.1) is 11.4 Å². The summed E-state index contributed by atoms with van der Waals surface area (Å²) in [5.74, 6) is -3.16. The lowest BCUT2D eigenvalue weighted by atomic mass is 10.0. The highest BCUT2D eigenvalue weighted by Gasteiger charge is 2.37. The van der Waals surface area contributed by atoms with Crippen LogP contribution in [-0.2, 0) is 6.18 Å². The van der Waals surface area contributed by atoms with Gasteiger partial charge in [0.2, 0.25) is 0 Å².